The predicted octanol–water partition coefficient (Wildman–Crippen LogP) is 2.70. The molecule has 0 radical (unpaired) electrons. The van der Waals surface area contributed by atoms with Gasteiger partial charge in [-0.15, -0.1) is 0 Å². The van der Waals surface area contributed by atoms with E-state index in [0.29, 0.717) is 11.0 Å². The van der Waals surface area contributed by atoms with E-state index in [2.05, 4.69) is 19.4 Å². The van der Waals surface area contributed by atoms with Crippen LogP contribution < -0.4 is 9.47 Å². The molecule has 0 aliphatic carbocycles. The molecule has 0 N–H and O–H groups in total. The average Bonchev–Trinajstić information content (AvgIpc) is 2.48. The van der Waals surface area contributed by atoms with Crippen LogP contribution in [0.1, 0.15) is 13.8 Å². The van der Waals surface area contributed by atoms with Crippen LogP contribution in [0.3, 0.4) is 0 Å². The highest BCUT2D eigenvalue weighted by Crippen LogP contribution is 2.29. The molecule has 0 fully saturated rings. The fraction of sp³-hybridized carbons (Fsp3) is 0.286. The van der Waals surface area contributed by atoms with Gasteiger partial charge in [-0.3, -0.25) is 0 Å². The molecule has 0 aliphatic heterocycles. The van der Waals surface area contributed by atoms with Gasteiger partial charge in [0, 0.05) is 11.6 Å². The van der Waals surface area contributed by atoms with Gasteiger partial charge in [0.1, 0.15) is 0 Å². The Bertz CT molecular complexity index is 630. The van der Waals surface area contributed by atoms with Crippen LogP contribution in [0, 0.1) is 0 Å². The van der Waals surface area contributed by atoms with E-state index in [9.17, 15) is 9.59 Å². The van der Waals surface area contributed by atoms with Crippen molar-refractivity contribution in [3.8, 4) is 11.6 Å². The lowest BCUT2D eigenvalue weighted by molar-refractivity contribution is 0.0927. The van der Waals surface area contributed by atoms with E-state index in [4.69, 9.17) is 9.47 Å². The molecule has 2 heterocycles. The number of hydrogen-bond donors (Lipinski definition) is 0. The number of pyridine rings is 2. The van der Waals surface area contributed by atoms with E-state index in [1.807, 2.05) is 0 Å². The molecular formula is C14H14N2O6. The van der Waals surface area contributed by atoms with Gasteiger partial charge in [0.05, 0.1) is 13.2 Å². The van der Waals surface area contributed by atoms with Crippen molar-refractivity contribution in [3.05, 3.63) is 24.4 Å². The topological polar surface area (TPSA) is 96.8 Å². The normalized spacial score (nSPS) is 10.1. The highest BCUT2D eigenvalue weighted by Gasteiger charge is 2.18. The smallest absolute Gasteiger partial charge is 0.434 e. The Morgan fingerprint density at radius 1 is 1.09 bits per heavy atom. The van der Waals surface area contributed by atoms with Crippen LogP contribution in [0.25, 0.3) is 11.0 Å². The van der Waals surface area contributed by atoms with Crippen LogP contribution in [-0.2, 0) is 9.47 Å². The molecular weight excluding hydrogens is 292 g/mol. The molecule has 0 saturated carbocycles. The SMILES string of the molecule is CCOC(=O)Oc1cc2cccnc2nc1OC(=O)OCC. The zero-order valence-corrected chi connectivity index (χ0v) is 12.1. The first-order chi connectivity index (χ1) is 10.6. The summed E-state index contributed by atoms with van der Waals surface area (Å²) in [5.74, 6) is -0.287. The number of rotatable bonds is 4. The van der Waals surface area contributed by atoms with Crippen molar-refractivity contribution in [3.63, 3.8) is 0 Å². The van der Waals surface area contributed by atoms with Crippen molar-refractivity contribution in [1.29, 1.82) is 0 Å². The summed E-state index contributed by atoms with van der Waals surface area (Å²) in [6.45, 7) is 3.56. The molecule has 0 bridgehead atoms. The maximum absolute atomic E-state index is 11.5. The van der Waals surface area contributed by atoms with E-state index in [1.54, 1.807) is 26.0 Å². The van der Waals surface area contributed by atoms with E-state index in [-0.39, 0.29) is 24.8 Å². The lowest BCUT2D eigenvalue weighted by Crippen LogP contribution is -2.15. The second kappa shape index (κ2) is 7.21. The molecule has 0 aliphatic rings. The zero-order chi connectivity index (χ0) is 15.9. The molecule has 0 saturated heterocycles. The molecule has 0 amide bonds. The Morgan fingerprint density at radius 2 is 1.77 bits per heavy atom. The Labute approximate surface area is 126 Å². The van der Waals surface area contributed by atoms with Gasteiger partial charge in [-0.05, 0) is 32.0 Å². The molecule has 2 aromatic heterocycles. The van der Waals surface area contributed by atoms with Crippen LogP contribution in [-0.4, -0.2) is 35.5 Å². The summed E-state index contributed by atoms with van der Waals surface area (Å²) < 4.78 is 19.3. The predicted molar refractivity (Wildman–Crippen MR) is 74.8 cm³/mol. The first-order valence-electron chi connectivity index (χ1n) is 6.59. The van der Waals surface area contributed by atoms with Gasteiger partial charge in [-0.25, -0.2) is 14.6 Å². The number of carbonyl (C=O) groups excluding carboxylic acids is 2. The van der Waals surface area contributed by atoms with Gasteiger partial charge >= 0.3 is 12.3 Å². The van der Waals surface area contributed by atoms with Crippen molar-refractivity contribution < 1.29 is 28.5 Å². The fourth-order valence-corrected chi connectivity index (χ4v) is 1.58. The molecule has 116 valence electrons. The highest BCUT2D eigenvalue weighted by molar-refractivity contribution is 5.79. The van der Waals surface area contributed by atoms with Gasteiger partial charge < -0.3 is 18.9 Å². The van der Waals surface area contributed by atoms with Crippen molar-refractivity contribution in [1.82, 2.24) is 9.97 Å². The van der Waals surface area contributed by atoms with Crippen molar-refractivity contribution >= 4 is 23.3 Å². The third kappa shape index (κ3) is 3.81. The van der Waals surface area contributed by atoms with E-state index in [1.165, 1.54) is 12.3 Å². The van der Waals surface area contributed by atoms with Gasteiger partial charge in [-0.2, -0.15) is 4.98 Å². The summed E-state index contributed by atoms with van der Waals surface area (Å²) in [5.41, 5.74) is 0.331. The Kier molecular flexibility index (Phi) is 5.07. The molecule has 2 aromatic rings. The first-order valence-corrected chi connectivity index (χ1v) is 6.59. The standard InChI is InChI=1S/C14H14N2O6/c1-3-19-13(17)21-10-8-9-6-5-7-15-11(9)16-12(10)22-14(18)20-4-2/h5-8H,3-4H2,1-2H3. The van der Waals surface area contributed by atoms with E-state index >= 15 is 0 Å². The maximum Gasteiger partial charge on any atom is 0.515 e. The Morgan fingerprint density at radius 3 is 2.45 bits per heavy atom. The van der Waals surface area contributed by atoms with Gasteiger partial charge in [0.2, 0.25) is 0 Å². The van der Waals surface area contributed by atoms with Crippen LogP contribution in [0.15, 0.2) is 24.4 Å². The van der Waals surface area contributed by atoms with Crippen LogP contribution >= 0.6 is 0 Å². The quantitative estimate of drug-likeness (QED) is 0.795. The van der Waals surface area contributed by atoms with Crippen LogP contribution in [0.4, 0.5) is 9.59 Å². The molecule has 0 unspecified atom stereocenters. The first kappa shape index (κ1) is 15.5. The highest BCUT2D eigenvalue weighted by atomic mass is 16.7. The molecule has 8 nitrogen and oxygen atoms in total. The number of carbonyl (C=O) groups is 2. The fourth-order valence-electron chi connectivity index (χ4n) is 1.58. The number of ether oxygens (including phenoxy) is 4. The summed E-state index contributed by atoms with van der Waals surface area (Å²) in [6.07, 6.45) is -0.352. The lowest BCUT2D eigenvalue weighted by atomic mass is 10.3. The number of fused-ring (bicyclic) bond motifs is 1. The third-order valence-electron chi connectivity index (χ3n) is 2.42. The number of hydrogen-bond acceptors (Lipinski definition) is 8. The zero-order valence-electron chi connectivity index (χ0n) is 12.1. The van der Waals surface area contributed by atoms with Crippen molar-refractivity contribution in [2.75, 3.05) is 13.2 Å². The third-order valence-corrected chi connectivity index (χ3v) is 2.42. The average molecular weight is 306 g/mol. The largest absolute Gasteiger partial charge is 0.515 e. The summed E-state index contributed by atoms with van der Waals surface area (Å²) in [7, 11) is 0. The maximum atomic E-state index is 11.5. The molecule has 0 atom stereocenters. The molecule has 8 heteroatoms. The van der Waals surface area contributed by atoms with Crippen molar-refractivity contribution in [2.24, 2.45) is 0 Å². The van der Waals surface area contributed by atoms with Crippen LogP contribution in [0.5, 0.6) is 11.6 Å². The van der Waals surface area contributed by atoms with Crippen molar-refractivity contribution in [2.45, 2.75) is 13.8 Å². The van der Waals surface area contributed by atoms with Gasteiger partial charge in [0.15, 0.2) is 11.4 Å². The molecule has 0 aromatic carbocycles. The summed E-state index contributed by atoms with van der Waals surface area (Å²) in [4.78, 5) is 31.0. The molecule has 2 rings (SSSR count). The van der Waals surface area contributed by atoms with E-state index in [0.717, 1.165) is 0 Å². The minimum Gasteiger partial charge on any atom is -0.434 e. The minimum absolute atomic E-state index is 0.0630. The minimum atomic E-state index is -0.959. The van der Waals surface area contributed by atoms with Gasteiger partial charge in [-0.1, -0.05) is 0 Å². The number of nitrogens with zero attached hydrogens (tertiary/aromatic N) is 2. The van der Waals surface area contributed by atoms with Gasteiger partial charge in [0.25, 0.3) is 5.88 Å². The number of aromatic nitrogens is 2. The van der Waals surface area contributed by atoms with Crippen LogP contribution in [0.2, 0.25) is 0 Å². The second-order valence-electron chi connectivity index (χ2n) is 3.91. The monoisotopic (exact) mass is 306 g/mol. The van der Waals surface area contributed by atoms with E-state index < -0.39 is 12.3 Å². The Hall–Kier alpha value is -2.90. The Balaban J connectivity index is 2.36. The second-order valence-corrected chi connectivity index (χ2v) is 3.91. The lowest BCUT2D eigenvalue weighted by Gasteiger charge is -2.10. The summed E-state index contributed by atoms with van der Waals surface area (Å²) in [6, 6.07) is 4.90. The summed E-state index contributed by atoms with van der Waals surface area (Å²) in [5, 5.41) is 0.609. The molecule has 0 spiro atoms. The molecule has 22 heavy (non-hydrogen) atoms. The summed E-state index contributed by atoms with van der Waals surface area (Å²) >= 11 is 0.